The van der Waals surface area contributed by atoms with Gasteiger partial charge < -0.3 is 14.8 Å². The molecule has 0 unspecified atom stereocenters. The van der Waals surface area contributed by atoms with Gasteiger partial charge in [0.15, 0.2) is 5.65 Å². The van der Waals surface area contributed by atoms with E-state index >= 15 is 0 Å². The molecule has 7 nitrogen and oxygen atoms in total. The van der Waals surface area contributed by atoms with Gasteiger partial charge >= 0.3 is 0 Å². The monoisotopic (exact) mass is 322 g/mol. The summed E-state index contributed by atoms with van der Waals surface area (Å²) in [7, 11) is 0. The molecule has 7 heteroatoms. The number of pyridine rings is 1. The number of amides is 1. The first kappa shape index (κ1) is 14.6. The van der Waals surface area contributed by atoms with Crippen LogP contribution in [0.5, 0.6) is 0 Å². The van der Waals surface area contributed by atoms with Gasteiger partial charge in [-0.05, 0) is 18.2 Å². The van der Waals surface area contributed by atoms with Crippen molar-refractivity contribution in [3.05, 3.63) is 36.8 Å². The number of nitrogens with zero attached hydrogens (tertiary/aromatic N) is 5. The summed E-state index contributed by atoms with van der Waals surface area (Å²) in [5.41, 5.74) is 3.45. The standard InChI is InChI=1S/C17H18N6O/c1-12(24)22-6-8-23(9-7-22)16-10-13(2-4-18-16)15-11-20-17-14(21-15)3-5-19-17/h2-5,10-11H,6-9H2,1H3,(H,19,20). The molecule has 1 saturated heterocycles. The zero-order chi connectivity index (χ0) is 16.5. The summed E-state index contributed by atoms with van der Waals surface area (Å²) in [6.07, 6.45) is 5.40. The molecule has 1 aliphatic rings. The number of carbonyl (C=O) groups excluding carboxylic acids is 1. The van der Waals surface area contributed by atoms with Gasteiger partial charge in [-0.2, -0.15) is 0 Å². The van der Waals surface area contributed by atoms with E-state index in [2.05, 4.69) is 24.8 Å². The zero-order valence-corrected chi connectivity index (χ0v) is 13.4. The Bertz CT molecular complexity index is 881. The van der Waals surface area contributed by atoms with Crippen LogP contribution in [0.1, 0.15) is 6.92 Å². The van der Waals surface area contributed by atoms with Crippen LogP contribution in [0, 0.1) is 0 Å². The van der Waals surface area contributed by atoms with E-state index in [0.29, 0.717) is 0 Å². The minimum atomic E-state index is 0.131. The van der Waals surface area contributed by atoms with Crippen LogP contribution in [0.15, 0.2) is 36.8 Å². The van der Waals surface area contributed by atoms with Crippen molar-refractivity contribution >= 4 is 22.9 Å². The molecule has 0 spiro atoms. The number of aromatic nitrogens is 4. The van der Waals surface area contributed by atoms with Gasteiger partial charge in [0, 0.05) is 51.1 Å². The number of H-pyrrole nitrogens is 1. The third-order valence-corrected chi connectivity index (χ3v) is 4.35. The third kappa shape index (κ3) is 2.68. The van der Waals surface area contributed by atoms with Gasteiger partial charge in [-0.3, -0.25) is 4.79 Å². The number of carbonyl (C=O) groups is 1. The summed E-state index contributed by atoms with van der Waals surface area (Å²) in [6, 6.07) is 5.89. The SMILES string of the molecule is CC(=O)N1CCN(c2cc(-c3cnc4[nH]ccc4n3)ccn2)CC1. The Kier molecular flexibility index (Phi) is 3.60. The van der Waals surface area contributed by atoms with Gasteiger partial charge in [-0.25, -0.2) is 15.0 Å². The summed E-state index contributed by atoms with van der Waals surface area (Å²) >= 11 is 0. The lowest BCUT2D eigenvalue weighted by atomic mass is 10.2. The molecule has 122 valence electrons. The summed E-state index contributed by atoms with van der Waals surface area (Å²) in [4.78, 5) is 32.1. The Hall–Kier alpha value is -2.96. The van der Waals surface area contributed by atoms with E-state index in [4.69, 9.17) is 0 Å². The number of piperazine rings is 1. The van der Waals surface area contributed by atoms with Crippen LogP contribution >= 0.6 is 0 Å². The summed E-state index contributed by atoms with van der Waals surface area (Å²) in [5.74, 6) is 1.04. The molecule has 0 aromatic carbocycles. The first-order chi connectivity index (χ1) is 11.7. The molecule has 3 aromatic rings. The average molecular weight is 322 g/mol. The lowest BCUT2D eigenvalue weighted by Crippen LogP contribution is -2.48. The molecule has 0 saturated carbocycles. The maximum absolute atomic E-state index is 11.4. The Morgan fingerprint density at radius 2 is 2.00 bits per heavy atom. The molecule has 4 rings (SSSR count). The molecule has 4 heterocycles. The van der Waals surface area contributed by atoms with Gasteiger partial charge in [-0.1, -0.05) is 0 Å². The van der Waals surface area contributed by atoms with E-state index in [-0.39, 0.29) is 5.91 Å². The molecule has 1 N–H and O–H groups in total. The summed E-state index contributed by atoms with van der Waals surface area (Å²) in [6.45, 7) is 4.66. The number of fused-ring (bicyclic) bond motifs is 1. The van der Waals surface area contributed by atoms with Gasteiger partial charge in [0.2, 0.25) is 5.91 Å². The zero-order valence-electron chi connectivity index (χ0n) is 13.4. The molecule has 0 atom stereocenters. The Morgan fingerprint density at radius 3 is 2.79 bits per heavy atom. The van der Waals surface area contributed by atoms with E-state index in [0.717, 1.165) is 54.4 Å². The predicted molar refractivity (Wildman–Crippen MR) is 91.6 cm³/mol. The van der Waals surface area contributed by atoms with Crippen LogP contribution in [0.3, 0.4) is 0 Å². The Labute approximate surface area is 139 Å². The van der Waals surface area contributed by atoms with Crippen LogP contribution in [0.25, 0.3) is 22.4 Å². The van der Waals surface area contributed by atoms with Gasteiger partial charge in [-0.15, -0.1) is 0 Å². The van der Waals surface area contributed by atoms with Crippen LogP contribution in [-0.4, -0.2) is 56.9 Å². The minimum absolute atomic E-state index is 0.131. The highest BCUT2D eigenvalue weighted by atomic mass is 16.2. The second-order valence-corrected chi connectivity index (χ2v) is 5.86. The van der Waals surface area contributed by atoms with Crippen LogP contribution in [-0.2, 0) is 4.79 Å². The smallest absolute Gasteiger partial charge is 0.219 e. The largest absolute Gasteiger partial charge is 0.353 e. The molecule has 0 radical (unpaired) electrons. The highest BCUT2D eigenvalue weighted by Crippen LogP contribution is 2.23. The fourth-order valence-corrected chi connectivity index (χ4v) is 2.97. The fraction of sp³-hybridized carbons (Fsp3) is 0.294. The van der Waals surface area contributed by atoms with Crippen LogP contribution in [0.2, 0.25) is 0 Å². The molecule has 24 heavy (non-hydrogen) atoms. The quantitative estimate of drug-likeness (QED) is 0.777. The van der Waals surface area contributed by atoms with Crippen molar-refractivity contribution in [2.75, 3.05) is 31.1 Å². The first-order valence-corrected chi connectivity index (χ1v) is 7.98. The fourth-order valence-electron chi connectivity index (χ4n) is 2.97. The highest BCUT2D eigenvalue weighted by molar-refractivity contribution is 5.75. The van der Waals surface area contributed by atoms with Crippen molar-refractivity contribution in [1.29, 1.82) is 0 Å². The predicted octanol–water partition coefficient (Wildman–Crippen LogP) is 1.69. The molecule has 0 aliphatic carbocycles. The van der Waals surface area contributed by atoms with Gasteiger partial charge in [0.1, 0.15) is 11.3 Å². The number of hydrogen-bond acceptors (Lipinski definition) is 5. The van der Waals surface area contributed by atoms with Crippen molar-refractivity contribution in [3.63, 3.8) is 0 Å². The molecule has 1 fully saturated rings. The van der Waals surface area contributed by atoms with Gasteiger partial charge in [0.05, 0.1) is 11.9 Å². The van der Waals surface area contributed by atoms with Crippen molar-refractivity contribution < 1.29 is 4.79 Å². The normalized spacial score (nSPS) is 15.0. The molecule has 1 amide bonds. The second kappa shape index (κ2) is 5.92. The maximum Gasteiger partial charge on any atom is 0.219 e. The maximum atomic E-state index is 11.4. The van der Waals surface area contributed by atoms with Crippen LogP contribution in [0.4, 0.5) is 5.82 Å². The Morgan fingerprint density at radius 1 is 1.17 bits per heavy atom. The molecule has 0 bridgehead atoms. The van der Waals surface area contributed by atoms with Crippen molar-refractivity contribution in [2.24, 2.45) is 0 Å². The molecular formula is C17H18N6O. The number of nitrogens with one attached hydrogen (secondary N) is 1. The third-order valence-electron chi connectivity index (χ3n) is 4.35. The lowest BCUT2D eigenvalue weighted by Gasteiger charge is -2.35. The van der Waals surface area contributed by atoms with Crippen molar-refractivity contribution in [2.45, 2.75) is 6.92 Å². The van der Waals surface area contributed by atoms with E-state index in [1.165, 1.54) is 0 Å². The second-order valence-electron chi connectivity index (χ2n) is 5.86. The topological polar surface area (TPSA) is 78.0 Å². The number of rotatable bonds is 2. The van der Waals surface area contributed by atoms with Crippen LogP contribution < -0.4 is 4.90 Å². The van der Waals surface area contributed by atoms with E-state index in [1.54, 1.807) is 19.3 Å². The first-order valence-electron chi connectivity index (χ1n) is 7.98. The molecule has 1 aliphatic heterocycles. The molecular weight excluding hydrogens is 304 g/mol. The number of anilines is 1. The Balaban J connectivity index is 1.58. The van der Waals surface area contributed by atoms with E-state index in [9.17, 15) is 4.79 Å². The number of aromatic amines is 1. The summed E-state index contributed by atoms with van der Waals surface area (Å²) in [5, 5.41) is 0. The van der Waals surface area contributed by atoms with Gasteiger partial charge in [0.25, 0.3) is 0 Å². The summed E-state index contributed by atoms with van der Waals surface area (Å²) < 4.78 is 0. The molecule has 3 aromatic heterocycles. The van der Waals surface area contributed by atoms with E-state index < -0.39 is 0 Å². The van der Waals surface area contributed by atoms with E-state index in [1.807, 2.05) is 29.3 Å². The van der Waals surface area contributed by atoms with Crippen molar-refractivity contribution in [3.8, 4) is 11.3 Å². The average Bonchev–Trinajstić information content (AvgIpc) is 3.09. The minimum Gasteiger partial charge on any atom is -0.353 e. The highest BCUT2D eigenvalue weighted by Gasteiger charge is 2.19. The van der Waals surface area contributed by atoms with Crippen molar-refractivity contribution in [1.82, 2.24) is 24.8 Å². The lowest BCUT2D eigenvalue weighted by molar-refractivity contribution is -0.129. The number of hydrogen-bond donors (Lipinski definition) is 1.